The van der Waals surface area contributed by atoms with Gasteiger partial charge >= 0.3 is 5.97 Å². The first kappa shape index (κ1) is 20.3. The largest absolute Gasteiger partial charge is 0.480 e. The molecule has 1 heterocycles. The number of carbonyl (C=O) groups is 3. The Hall–Kier alpha value is -2.02. The maximum Gasteiger partial charge on any atom is 0.323 e. The standard InChI is InChI=1S/C19H26N2O4S/c1-19(2)15(9-6-10-16(22)21(19)12-17(23)24)20-18(25)14(26)11-13-7-4-3-5-8-13/h3-5,7-8,14-15,26H,6,9-12H2,1-2H3,(H,20,25)(H,23,24). The van der Waals surface area contributed by atoms with Crippen molar-refractivity contribution < 1.29 is 19.5 Å². The van der Waals surface area contributed by atoms with Gasteiger partial charge in [0, 0.05) is 6.42 Å². The fourth-order valence-corrected chi connectivity index (χ4v) is 3.61. The highest BCUT2D eigenvalue weighted by atomic mass is 32.1. The first-order valence-corrected chi connectivity index (χ1v) is 9.28. The summed E-state index contributed by atoms with van der Waals surface area (Å²) in [6, 6.07) is 9.30. The average molecular weight is 378 g/mol. The van der Waals surface area contributed by atoms with Crippen LogP contribution in [0, 0.1) is 0 Å². The molecular weight excluding hydrogens is 352 g/mol. The Bertz CT molecular complexity index is 663. The van der Waals surface area contributed by atoms with Crippen LogP contribution in [0.25, 0.3) is 0 Å². The molecule has 2 N–H and O–H groups in total. The summed E-state index contributed by atoms with van der Waals surface area (Å²) in [5.74, 6) is -1.46. The molecule has 1 aliphatic heterocycles. The molecule has 0 saturated carbocycles. The van der Waals surface area contributed by atoms with Gasteiger partial charge in [0.15, 0.2) is 0 Å². The number of hydrogen-bond acceptors (Lipinski definition) is 4. The van der Waals surface area contributed by atoms with Gasteiger partial charge in [0.25, 0.3) is 0 Å². The van der Waals surface area contributed by atoms with Crippen LogP contribution < -0.4 is 5.32 Å². The number of nitrogens with one attached hydrogen (secondary N) is 1. The minimum absolute atomic E-state index is 0.194. The Morgan fingerprint density at radius 1 is 1.35 bits per heavy atom. The third-order valence-corrected chi connectivity index (χ3v) is 5.33. The molecule has 1 saturated heterocycles. The summed E-state index contributed by atoms with van der Waals surface area (Å²) >= 11 is 4.43. The fourth-order valence-electron chi connectivity index (χ4n) is 3.33. The van der Waals surface area contributed by atoms with Crippen LogP contribution in [0.2, 0.25) is 0 Å². The van der Waals surface area contributed by atoms with Gasteiger partial charge in [-0.05, 0) is 38.7 Å². The molecule has 0 aromatic heterocycles. The number of amides is 2. The predicted molar refractivity (Wildman–Crippen MR) is 102 cm³/mol. The third-order valence-electron chi connectivity index (χ3n) is 4.92. The quantitative estimate of drug-likeness (QED) is 0.660. The highest BCUT2D eigenvalue weighted by molar-refractivity contribution is 7.81. The molecule has 1 fully saturated rings. The zero-order valence-corrected chi connectivity index (χ0v) is 16.0. The SMILES string of the molecule is CC1(C)C(NC(=O)C(S)Cc2ccccc2)CCCC(=O)N1CC(=O)O. The average Bonchev–Trinajstić information content (AvgIpc) is 2.67. The Labute approximate surface area is 159 Å². The van der Waals surface area contributed by atoms with E-state index in [1.165, 1.54) is 4.90 Å². The van der Waals surface area contributed by atoms with Crippen LogP contribution in [0.5, 0.6) is 0 Å². The van der Waals surface area contributed by atoms with E-state index in [1.54, 1.807) is 13.8 Å². The van der Waals surface area contributed by atoms with E-state index in [0.717, 1.165) is 5.56 Å². The molecule has 2 rings (SSSR count). The fraction of sp³-hybridized carbons (Fsp3) is 0.526. The van der Waals surface area contributed by atoms with E-state index in [4.69, 9.17) is 5.11 Å². The summed E-state index contributed by atoms with van der Waals surface area (Å²) in [5.41, 5.74) is 0.229. The van der Waals surface area contributed by atoms with Crippen LogP contribution in [0.1, 0.15) is 38.7 Å². The molecule has 2 atom stereocenters. The number of thiol groups is 1. The topological polar surface area (TPSA) is 86.7 Å². The van der Waals surface area contributed by atoms with E-state index in [9.17, 15) is 14.4 Å². The number of carbonyl (C=O) groups excluding carboxylic acids is 2. The molecule has 7 heteroatoms. The van der Waals surface area contributed by atoms with E-state index in [1.807, 2.05) is 30.3 Å². The second-order valence-corrected chi connectivity index (χ2v) is 7.81. The van der Waals surface area contributed by atoms with Gasteiger partial charge in [-0.3, -0.25) is 14.4 Å². The van der Waals surface area contributed by atoms with E-state index in [2.05, 4.69) is 17.9 Å². The molecule has 142 valence electrons. The summed E-state index contributed by atoms with van der Waals surface area (Å²) in [6.07, 6.45) is 2.02. The number of nitrogens with zero attached hydrogens (tertiary/aromatic N) is 1. The molecule has 0 radical (unpaired) electrons. The summed E-state index contributed by atoms with van der Waals surface area (Å²) in [6.45, 7) is 3.23. The molecule has 2 unspecified atom stereocenters. The zero-order chi connectivity index (χ0) is 19.3. The lowest BCUT2D eigenvalue weighted by Gasteiger charge is -2.42. The third kappa shape index (κ3) is 5.00. The molecule has 2 amide bonds. The van der Waals surface area contributed by atoms with Crippen molar-refractivity contribution in [3.8, 4) is 0 Å². The number of aliphatic carboxylic acids is 1. The van der Waals surface area contributed by atoms with Gasteiger partial charge in [0.2, 0.25) is 11.8 Å². The number of hydrogen-bond donors (Lipinski definition) is 3. The van der Waals surface area contributed by atoms with Gasteiger partial charge in [-0.2, -0.15) is 12.6 Å². The smallest absolute Gasteiger partial charge is 0.323 e. The number of benzene rings is 1. The molecule has 0 spiro atoms. The zero-order valence-electron chi connectivity index (χ0n) is 15.1. The maximum atomic E-state index is 12.6. The lowest BCUT2D eigenvalue weighted by atomic mass is 9.90. The van der Waals surface area contributed by atoms with Gasteiger partial charge in [0.1, 0.15) is 6.54 Å². The highest BCUT2D eigenvalue weighted by Gasteiger charge is 2.42. The Morgan fingerprint density at radius 2 is 2.00 bits per heavy atom. The van der Waals surface area contributed by atoms with Crippen molar-refractivity contribution in [1.82, 2.24) is 10.2 Å². The monoisotopic (exact) mass is 378 g/mol. The highest BCUT2D eigenvalue weighted by Crippen LogP contribution is 2.28. The lowest BCUT2D eigenvalue weighted by Crippen LogP contribution is -2.61. The van der Waals surface area contributed by atoms with Crippen molar-refractivity contribution in [2.75, 3.05) is 6.54 Å². The van der Waals surface area contributed by atoms with Crippen molar-refractivity contribution in [3.63, 3.8) is 0 Å². The van der Waals surface area contributed by atoms with Crippen LogP contribution in [-0.2, 0) is 20.8 Å². The maximum absolute atomic E-state index is 12.6. The minimum Gasteiger partial charge on any atom is -0.480 e. The van der Waals surface area contributed by atoms with E-state index in [0.29, 0.717) is 19.3 Å². The number of rotatable bonds is 6. The molecule has 0 aliphatic carbocycles. The van der Waals surface area contributed by atoms with Gasteiger partial charge in [0.05, 0.1) is 16.8 Å². The molecule has 1 aromatic carbocycles. The number of carboxylic acid groups (broad SMARTS) is 1. The number of likely N-dealkylation sites (tertiary alicyclic amines) is 1. The van der Waals surface area contributed by atoms with Crippen molar-refractivity contribution >= 4 is 30.4 Å². The molecule has 1 aromatic rings. The normalized spacial score (nSPS) is 21.0. The molecular formula is C19H26N2O4S. The Balaban J connectivity index is 2.09. The number of carboxylic acids is 1. The summed E-state index contributed by atoms with van der Waals surface area (Å²) in [7, 11) is 0. The molecule has 6 nitrogen and oxygen atoms in total. The van der Waals surface area contributed by atoms with Gasteiger partial charge in [-0.15, -0.1) is 0 Å². The summed E-state index contributed by atoms with van der Waals surface area (Å²) in [5, 5.41) is 11.6. The summed E-state index contributed by atoms with van der Waals surface area (Å²) < 4.78 is 0. The molecule has 1 aliphatic rings. The van der Waals surface area contributed by atoms with Crippen LogP contribution in [0.4, 0.5) is 0 Å². The second-order valence-electron chi connectivity index (χ2n) is 7.19. The predicted octanol–water partition coefficient (Wildman–Crippen LogP) is 1.89. The van der Waals surface area contributed by atoms with Gasteiger partial charge in [-0.1, -0.05) is 30.3 Å². The lowest BCUT2D eigenvalue weighted by molar-refractivity contribution is -0.149. The molecule has 26 heavy (non-hydrogen) atoms. The van der Waals surface area contributed by atoms with Gasteiger partial charge in [-0.25, -0.2) is 0 Å². The van der Waals surface area contributed by atoms with Crippen molar-refractivity contribution in [2.45, 2.75) is 56.4 Å². The van der Waals surface area contributed by atoms with Gasteiger partial charge < -0.3 is 15.3 Å². The van der Waals surface area contributed by atoms with Crippen molar-refractivity contribution in [3.05, 3.63) is 35.9 Å². The second kappa shape index (κ2) is 8.58. The Kier molecular flexibility index (Phi) is 6.69. The first-order valence-electron chi connectivity index (χ1n) is 8.76. The van der Waals surface area contributed by atoms with E-state index >= 15 is 0 Å². The van der Waals surface area contributed by atoms with Crippen molar-refractivity contribution in [1.29, 1.82) is 0 Å². The first-order chi connectivity index (χ1) is 12.2. The van der Waals surface area contributed by atoms with E-state index in [-0.39, 0.29) is 30.8 Å². The summed E-state index contributed by atoms with van der Waals surface area (Å²) in [4.78, 5) is 37.4. The molecule has 0 bridgehead atoms. The van der Waals surface area contributed by atoms with Crippen molar-refractivity contribution in [2.24, 2.45) is 0 Å². The van der Waals surface area contributed by atoms with E-state index < -0.39 is 16.8 Å². The van der Waals surface area contributed by atoms with Crippen LogP contribution in [0.15, 0.2) is 30.3 Å². The Morgan fingerprint density at radius 3 is 2.62 bits per heavy atom. The van der Waals surface area contributed by atoms with Crippen LogP contribution in [0.3, 0.4) is 0 Å². The van der Waals surface area contributed by atoms with Crippen LogP contribution >= 0.6 is 12.6 Å². The minimum atomic E-state index is -1.06. The van der Waals surface area contributed by atoms with Crippen LogP contribution in [-0.4, -0.2) is 51.2 Å².